The maximum atomic E-state index is 9.77. The predicted octanol–water partition coefficient (Wildman–Crippen LogP) is 2.22. The fourth-order valence-electron chi connectivity index (χ4n) is 5.03. The van der Waals surface area contributed by atoms with E-state index in [4.69, 9.17) is 25.0 Å². The number of aliphatic hydroxyl groups is 1. The lowest BCUT2D eigenvalue weighted by Crippen LogP contribution is -2.32. The average Bonchev–Trinajstić information content (AvgIpc) is 3.52. The van der Waals surface area contributed by atoms with Crippen LogP contribution in [0.4, 0.5) is 5.82 Å². The number of nitrogen functional groups attached to an aromatic ring is 1. The summed E-state index contributed by atoms with van der Waals surface area (Å²) < 4.78 is 23.5. The molecule has 1 aliphatic heterocycles. The number of aryl methyl sites for hydroxylation is 1. The second-order valence-corrected chi connectivity index (χ2v) is 10.3. The lowest BCUT2D eigenvalue weighted by molar-refractivity contribution is 0.146. The molecule has 5 rings (SSSR count). The van der Waals surface area contributed by atoms with E-state index in [-0.39, 0.29) is 31.2 Å². The summed E-state index contributed by atoms with van der Waals surface area (Å²) in [6, 6.07) is 0. The highest BCUT2D eigenvalue weighted by molar-refractivity contribution is 5.77. The molecule has 13 nitrogen and oxygen atoms in total. The smallest absolute Gasteiger partial charge is 0.240 e. The predicted molar refractivity (Wildman–Crippen MR) is 151 cm³/mol. The summed E-state index contributed by atoms with van der Waals surface area (Å²) in [4.78, 5) is 11.4. The van der Waals surface area contributed by atoms with Gasteiger partial charge < -0.3 is 25.1 Å². The molecule has 0 aliphatic carbocycles. The molecule has 0 amide bonds. The van der Waals surface area contributed by atoms with Crippen LogP contribution in [0.3, 0.4) is 0 Å². The van der Waals surface area contributed by atoms with Crippen molar-refractivity contribution < 1.29 is 19.3 Å². The first-order valence-electron chi connectivity index (χ1n) is 13.3. The summed E-state index contributed by atoms with van der Waals surface area (Å²) in [5.41, 5.74) is 11.5. The summed E-state index contributed by atoms with van der Waals surface area (Å²) in [5, 5.41) is 19.1. The highest BCUT2D eigenvalue weighted by atomic mass is 16.5. The normalized spacial score (nSPS) is 16.9. The third-order valence-electron chi connectivity index (χ3n) is 6.60. The van der Waals surface area contributed by atoms with Crippen LogP contribution in [0, 0.1) is 0 Å². The summed E-state index contributed by atoms with van der Waals surface area (Å²) in [6.45, 7) is 7.69. The maximum absolute atomic E-state index is 9.77. The molecule has 0 radical (unpaired) electrons. The van der Waals surface area contributed by atoms with Crippen molar-refractivity contribution in [3.8, 4) is 23.0 Å². The van der Waals surface area contributed by atoms with Gasteiger partial charge in [-0.05, 0) is 40.0 Å². The van der Waals surface area contributed by atoms with Crippen LogP contribution in [0.5, 0.6) is 11.8 Å². The Morgan fingerprint density at radius 2 is 2.02 bits per heavy atom. The van der Waals surface area contributed by atoms with Crippen LogP contribution in [-0.4, -0.2) is 83.5 Å². The second kappa shape index (κ2) is 11.3. The minimum Gasteiger partial charge on any atom is -0.473 e. The molecule has 3 N–H and O–H groups in total. The zero-order valence-electron chi connectivity index (χ0n) is 23.8. The molecule has 4 aromatic rings. The Hall–Kier alpha value is -3.94. The first-order chi connectivity index (χ1) is 19.2. The van der Waals surface area contributed by atoms with Gasteiger partial charge >= 0.3 is 0 Å². The number of nitrogens with two attached hydrogens (primary N) is 1. The Labute approximate surface area is 232 Å². The Morgan fingerprint density at radius 1 is 1.23 bits per heavy atom. The van der Waals surface area contributed by atoms with E-state index in [1.165, 1.54) is 0 Å². The lowest BCUT2D eigenvalue weighted by Gasteiger charge is -2.23. The zero-order valence-corrected chi connectivity index (χ0v) is 23.8. The molecule has 0 saturated heterocycles. The van der Waals surface area contributed by atoms with E-state index in [0.717, 1.165) is 22.5 Å². The van der Waals surface area contributed by atoms with Crippen LogP contribution >= 0.6 is 0 Å². The number of anilines is 1. The molecule has 40 heavy (non-hydrogen) atoms. The van der Waals surface area contributed by atoms with Gasteiger partial charge in [-0.15, -0.1) is 5.10 Å². The first-order valence-corrected chi connectivity index (χ1v) is 13.3. The summed E-state index contributed by atoms with van der Waals surface area (Å²) >= 11 is 0. The van der Waals surface area contributed by atoms with Gasteiger partial charge in [0.15, 0.2) is 11.5 Å². The average molecular weight is 552 g/mol. The van der Waals surface area contributed by atoms with Crippen LogP contribution in [0.25, 0.3) is 29.1 Å². The van der Waals surface area contributed by atoms with Crippen molar-refractivity contribution in [3.63, 3.8) is 0 Å². The largest absolute Gasteiger partial charge is 0.473 e. The SMILES string of the molecule is COCc1nn(C)c2c1-c1cn3c(cnc3c(N)n1)/C=C/c1c(OC(C)C)nn(CCO)c1CN(C)C[C@H](C)O2. The van der Waals surface area contributed by atoms with Gasteiger partial charge in [0, 0.05) is 33.4 Å². The maximum Gasteiger partial charge on any atom is 0.240 e. The minimum atomic E-state index is -0.204. The van der Waals surface area contributed by atoms with Gasteiger partial charge in [0.05, 0.1) is 60.3 Å². The molecule has 0 unspecified atom stereocenters. The van der Waals surface area contributed by atoms with Crippen molar-refractivity contribution >= 4 is 23.6 Å². The van der Waals surface area contributed by atoms with Crippen LogP contribution in [0.15, 0.2) is 12.4 Å². The molecule has 0 aromatic carbocycles. The molecule has 0 fully saturated rings. The van der Waals surface area contributed by atoms with E-state index in [2.05, 4.69) is 20.0 Å². The number of imidazole rings is 1. The molecule has 13 heteroatoms. The van der Waals surface area contributed by atoms with Gasteiger partial charge in [-0.3, -0.25) is 14.0 Å². The second-order valence-electron chi connectivity index (χ2n) is 10.3. The van der Waals surface area contributed by atoms with Gasteiger partial charge in [0.1, 0.15) is 11.8 Å². The number of nitrogens with zero attached hydrogens (tertiary/aromatic N) is 8. The van der Waals surface area contributed by atoms with Gasteiger partial charge in [0.2, 0.25) is 11.8 Å². The molecule has 5 heterocycles. The van der Waals surface area contributed by atoms with Crippen molar-refractivity contribution in [2.45, 2.75) is 52.7 Å². The highest BCUT2D eigenvalue weighted by Crippen LogP contribution is 2.35. The van der Waals surface area contributed by atoms with Crippen molar-refractivity contribution in [1.29, 1.82) is 0 Å². The Kier molecular flexibility index (Phi) is 7.79. The third-order valence-corrected chi connectivity index (χ3v) is 6.60. The first kappa shape index (κ1) is 27.6. The van der Waals surface area contributed by atoms with E-state index in [9.17, 15) is 5.11 Å². The quantitative estimate of drug-likeness (QED) is 0.366. The van der Waals surface area contributed by atoms with Gasteiger partial charge in [-0.25, -0.2) is 14.6 Å². The number of hydrogen-bond acceptors (Lipinski definition) is 10. The van der Waals surface area contributed by atoms with E-state index in [0.29, 0.717) is 48.4 Å². The number of fused-ring (bicyclic) bond motifs is 4. The van der Waals surface area contributed by atoms with Crippen molar-refractivity contribution in [2.75, 3.05) is 33.0 Å². The highest BCUT2D eigenvalue weighted by Gasteiger charge is 2.26. The van der Waals surface area contributed by atoms with Crippen LogP contribution in [0.1, 0.15) is 43.4 Å². The van der Waals surface area contributed by atoms with Crippen molar-refractivity contribution in [1.82, 2.24) is 38.8 Å². The fourth-order valence-corrected chi connectivity index (χ4v) is 5.03. The molecule has 214 valence electrons. The number of aliphatic hydroxyl groups excluding tert-OH is 1. The number of methoxy groups -OCH3 is 1. The van der Waals surface area contributed by atoms with Crippen molar-refractivity contribution in [3.05, 3.63) is 35.0 Å². The van der Waals surface area contributed by atoms with Crippen LogP contribution in [0.2, 0.25) is 0 Å². The monoisotopic (exact) mass is 551 g/mol. The topological polar surface area (TPSA) is 143 Å². The molecule has 4 aromatic heterocycles. The summed E-state index contributed by atoms with van der Waals surface area (Å²) in [6.07, 6.45) is 7.29. The minimum absolute atomic E-state index is 0.0441. The Bertz CT molecular complexity index is 1530. The number of aromatic nitrogens is 7. The zero-order chi connectivity index (χ0) is 28.6. The molecule has 1 aliphatic rings. The number of ether oxygens (including phenoxy) is 3. The summed E-state index contributed by atoms with van der Waals surface area (Å²) in [7, 11) is 5.49. The summed E-state index contributed by atoms with van der Waals surface area (Å²) in [5.74, 6) is 1.37. The number of likely N-dealkylation sites (N-methyl/N-ethyl adjacent to an activating group) is 1. The molecule has 0 saturated carbocycles. The van der Waals surface area contributed by atoms with Gasteiger partial charge in [-0.1, -0.05) is 0 Å². The molecule has 1 atom stereocenters. The molecular weight excluding hydrogens is 514 g/mol. The molecule has 0 spiro atoms. The Balaban J connectivity index is 1.74. The third kappa shape index (κ3) is 5.27. The standard InChI is InChI=1S/C27H37N9O4/c1-16(2)39-26-19-8-7-18-11-29-25-24(28)30-20(13-35(18)25)23-21(15-38-6)31-34(5)27(23)40-17(3)12-33(4)14-22(19)36(32-26)9-10-37/h7-8,11,13,16-17,37H,9-10,12,14-15H2,1-6H3,(H2,28,30)/b8-7+/t17-/m0/s1. The van der Waals surface area contributed by atoms with Gasteiger partial charge in [0.25, 0.3) is 0 Å². The van der Waals surface area contributed by atoms with E-state index >= 15 is 0 Å². The number of rotatable bonds is 6. The fraction of sp³-hybridized carbons (Fsp3) is 0.481. The van der Waals surface area contributed by atoms with E-state index < -0.39 is 0 Å². The Morgan fingerprint density at radius 3 is 2.75 bits per heavy atom. The van der Waals surface area contributed by atoms with Crippen LogP contribution < -0.4 is 15.2 Å². The van der Waals surface area contributed by atoms with Gasteiger partial charge in [-0.2, -0.15) is 5.10 Å². The van der Waals surface area contributed by atoms with E-state index in [1.54, 1.807) is 18.0 Å². The van der Waals surface area contributed by atoms with Crippen molar-refractivity contribution in [2.24, 2.45) is 7.05 Å². The van der Waals surface area contributed by atoms with E-state index in [1.807, 2.05) is 62.3 Å². The lowest BCUT2D eigenvalue weighted by atomic mass is 10.1. The molecular formula is C27H37N9O4. The molecule has 2 bridgehead atoms. The van der Waals surface area contributed by atoms with Crippen LogP contribution in [-0.2, 0) is 31.5 Å². The number of hydrogen-bond donors (Lipinski definition) is 2.